The number of ether oxygens (including phenoxy) is 1. The van der Waals surface area contributed by atoms with E-state index in [2.05, 4.69) is 20.7 Å². The van der Waals surface area contributed by atoms with Crippen LogP contribution < -0.4 is 16.0 Å². The molecule has 11 heteroatoms. The van der Waals surface area contributed by atoms with Gasteiger partial charge in [0.1, 0.15) is 6.04 Å². The van der Waals surface area contributed by atoms with Crippen molar-refractivity contribution in [3.05, 3.63) is 39.9 Å². The second-order valence-electron chi connectivity index (χ2n) is 7.18. The summed E-state index contributed by atoms with van der Waals surface area (Å²) in [5.41, 5.74) is 0.102. The summed E-state index contributed by atoms with van der Waals surface area (Å²) >= 11 is 0. The summed E-state index contributed by atoms with van der Waals surface area (Å²) in [4.78, 5) is 57.8. The third-order valence-electron chi connectivity index (χ3n) is 4.19. The molecule has 0 aliphatic heterocycles. The van der Waals surface area contributed by atoms with Gasteiger partial charge in [-0.2, -0.15) is 0 Å². The third-order valence-corrected chi connectivity index (χ3v) is 4.19. The van der Waals surface area contributed by atoms with Gasteiger partial charge in [0.15, 0.2) is 0 Å². The number of methoxy groups -OCH3 is 1. The van der Waals surface area contributed by atoms with Crippen molar-refractivity contribution in [2.75, 3.05) is 20.2 Å². The van der Waals surface area contributed by atoms with E-state index in [1.165, 1.54) is 31.4 Å². The minimum Gasteiger partial charge on any atom is -0.469 e. The zero-order chi connectivity index (χ0) is 23.4. The lowest BCUT2D eigenvalue weighted by Crippen LogP contribution is -2.48. The number of nitro groups is 1. The van der Waals surface area contributed by atoms with Crippen molar-refractivity contribution in [2.24, 2.45) is 5.92 Å². The minimum atomic E-state index is -0.768. The van der Waals surface area contributed by atoms with Gasteiger partial charge in [0, 0.05) is 37.2 Å². The lowest BCUT2D eigenvalue weighted by atomic mass is 10.0. The maximum atomic E-state index is 12.3. The lowest BCUT2D eigenvalue weighted by molar-refractivity contribution is -0.384. The average Bonchev–Trinajstić information content (AvgIpc) is 2.72. The number of carbonyl (C=O) groups excluding carboxylic acids is 4. The molecule has 11 nitrogen and oxygen atoms in total. The molecule has 0 saturated carbocycles. The summed E-state index contributed by atoms with van der Waals surface area (Å²) in [6, 6.07) is 4.32. The van der Waals surface area contributed by atoms with E-state index in [1.54, 1.807) is 0 Å². The van der Waals surface area contributed by atoms with Gasteiger partial charge < -0.3 is 20.7 Å². The number of hydrogen-bond donors (Lipinski definition) is 3. The average molecular weight is 436 g/mol. The Morgan fingerprint density at radius 1 is 1.03 bits per heavy atom. The Kier molecular flexibility index (Phi) is 10.7. The highest BCUT2D eigenvalue weighted by atomic mass is 16.6. The molecular weight excluding hydrogens is 408 g/mol. The molecule has 0 bridgehead atoms. The second kappa shape index (κ2) is 12.9. The number of non-ortho nitro benzene ring substituents is 1. The smallest absolute Gasteiger partial charge is 0.307 e. The van der Waals surface area contributed by atoms with Crippen LogP contribution in [0.1, 0.15) is 43.5 Å². The van der Waals surface area contributed by atoms with Crippen LogP contribution in [0.4, 0.5) is 5.69 Å². The summed E-state index contributed by atoms with van der Waals surface area (Å²) in [7, 11) is 1.26. The lowest BCUT2D eigenvalue weighted by Gasteiger charge is -2.20. The van der Waals surface area contributed by atoms with Crippen molar-refractivity contribution >= 4 is 29.4 Å². The van der Waals surface area contributed by atoms with Crippen molar-refractivity contribution < 1.29 is 28.8 Å². The Balaban J connectivity index is 2.49. The maximum Gasteiger partial charge on any atom is 0.307 e. The molecule has 1 atom stereocenters. The fourth-order valence-corrected chi connectivity index (χ4v) is 2.61. The predicted molar refractivity (Wildman–Crippen MR) is 111 cm³/mol. The first-order valence-electron chi connectivity index (χ1n) is 9.80. The number of amides is 3. The topological polar surface area (TPSA) is 157 Å². The highest BCUT2D eigenvalue weighted by molar-refractivity contribution is 5.94. The number of nitrogens with zero attached hydrogens (tertiary/aromatic N) is 1. The van der Waals surface area contributed by atoms with E-state index in [0.29, 0.717) is 6.42 Å². The maximum absolute atomic E-state index is 12.3. The number of carbonyl (C=O) groups is 4. The van der Waals surface area contributed by atoms with Crippen molar-refractivity contribution in [1.82, 2.24) is 16.0 Å². The standard InChI is InChI=1S/C20H28N4O7/c1-13(2)12-16(20(28)22-11-9-18(26)31-3)23-17(25)8-10-21-19(27)14-4-6-15(7-5-14)24(29)30/h4-7,13,16H,8-12H2,1-3H3,(H,21,27)(H,22,28)(H,23,25)/t16-/m0/s1. The molecule has 0 aromatic heterocycles. The molecule has 0 fully saturated rings. The fraction of sp³-hybridized carbons (Fsp3) is 0.500. The summed E-state index contributed by atoms with van der Waals surface area (Å²) in [5.74, 6) is -1.60. The third kappa shape index (κ3) is 9.70. The molecule has 1 rings (SSSR count). The van der Waals surface area contributed by atoms with Crippen LogP contribution in [0, 0.1) is 16.0 Å². The quantitative estimate of drug-likeness (QED) is 0.250. The number of benzene rings is 1. The van der Waals surface area contributed by atoms with Gasteiger partial charge in [-0.25, -0.2) is 0 Å². The van der Waals surface area contributed by atoms with Crippen LogP contribution in [0.5, 0.6) is 0 Å². The van der Waals surface area contributed by atoms with Gasteiger partial charge in [0.05, 0.1) is 18.5 Å². The highest BCUT2D eigenvalue weighted by Crippen LogP contribution is 2.11. The Bertz CT molecular complexity index is 793. The zero-order valence-corrected chi connectivity index (χ0v) is 17.8. The first-order valence-corrected chi connectivity index (χ1v) is 9.80. The van der Waals surface area contributed by atoms with E-state index in [1.807, 2.05) is 13.8 Å². The molecule has 31 heavy (non-hydrogen) atoms. The van der Waals surface area contributed by atoms with Gasteiger partial charge in [0.25, 0.3) is 11.6 Å². The fourth-order valence-electron chi connectivity index (χ4n) is 2.61. The molecule has 1 aromatic rings. The highest BCUT2D eigenvalue weighted by Gasteiger charge is 2.22. The van der Waals surface area contributed by atoms with E-state index in [-0.39, 0.29) is 43.1 Å². The van der Waals surface area contributed by atoms with E-state index in [0.717, 1.165) is 0 Å². The Labute approximate surface area is 180 Å². The molecule has 0 radical (unpaired) electrons. The molecular formula is C20H28N4O7. The first-order chi connectivity index (χ1) is 14.6. The van der Waals surface area contributed by atoms with Crippen molar-refractivity contribution in [2.45, 2.75) is 39.2 Å². The van der Waals surface area contributed by atoms with Gasteiger partial charge in [-0.3, -0.25) is 29.3 Å². The molecule has 0 heterocycles. The number of nitro benzene ring substituents is 1. The van der Waals surface area contributed by atoms with Crippen LogP contribution in [0.2, 0.25) is 0 Å². The van der Waals surface area contributed by atoms with Gasteiger partial charge in [0.2, 0.25) is 11.8 Å². The summed E-state index contributed by atoms with van der Waals surface area (Å²) in [5, 5.41) is 18.4. The van der Waals surface area contributed by atoms with Crippen LogP contribution in [0.3, 0.4) is 0 Å². The summed E-state index contributed by atoms with van der Waals surface area (Å²) in [6.45, 7) is 3.94. The number of esters is 1. The Morgan fingerprint density at radius 2 is 1.65 bits per heavy atom. The number of rotatable bonds is 12. The van der Waals surface area contributed by atoms with Crippen LogP contribution in [-0.4, -0.2) is 54.9 Å². The Morgan fingerprint density at radius 3 is 2.19 bits per heavy atom. The van der Waals surface area contributed by atoms with Gasteiger partial charge in [-0.1, -0.05) is 13.8 Å². The summed E-state index contributed by atoms with van der Waals surface area (Å²) < 4.78 is 4.51. The minimum absolute atomic E-state index is 0.0270. The molecule has 3 N–H and O–H groups in total. The van der Waals surface area contributed by atoms with E-state index in [9.17, 15) is 29.3 Å². The molecule has 0 unspecified atom stereocenters. The van der Waals surface area contributed by atoms with Crippen LogP contribution >= 0.6 is 0 Å². The molecule has 1 aromatic carbocycles. The van der Waals surface area contributed by atoms with E-state index < -0.39 is 34.7 Å². The molecule has 170 valence electrons. The van der Waals surface area contributed by atoms with Crippen molar-refractivity contribution in [3.63, 3.8) is 0 Å². The predicted octanol–water partition coefficient (Wildman–Crippen LogP) is 0.925. The second-order valence-corrected chi connectivity index (χ2v) is 7.18. The molecule has 3 amide bonds. The molecule has 0 saturated heterocycles. The Hall–Kier alpha value is -3.50. The molecule has 0 aliphatic rings. The number of nitrogens with one attached hydrogen (secondary N) is 3. The van der Waals surface area contributed by atoms with Crippen LogP contribution in [0.25, 0.3) is 0 Å². The van der Waals surface area contributed by atoms with Gasteiger partial charge >= 0.3 is 5.97 Å². The monoisotopic (exact) mass is 436 g/mol. The van der Waals surface area contributed by atoms with E-state index in [4.69, 9.17) is 0 Å². The van der Waals surface area contributed by atoms with Crippen molar-refractivity contribution in [1.29, 1.82) is 0 Å². The van der Waals surface area contributed by atoms with Crippen molar-refractivity contribution in [3.8, 4) is 0 Å². The zero-order valence-electron chi connectivity index (χ0n) is 17.8. The van der Waals surface area contributed by atoms with Crippen LogP contribution in [-0.2, 0) is 19.1 Å². The molecule has 0 aliphatic carbocycles. The van der Waals surface area contributed by atoms with Gasteiger partial charge in [-0.15, -0.1) is 0 Å². The van der Waals surface area contributed by atoms with Crippen LogP contribution in [0.15, 0.2) is 24.3 Å². The SMILES string of the molecule is COC(=O)CCNC(=O)[C@H](CC(C)C)NC(=O)CCNC(=O)c1ccc([N+](=O)[O-])cc1. The largest absolute Gasteiger partial charge is 0.469 e. The molecule has 0 spiro atoms. The van der Waals surface area contributed by atoms with E-state index >= 15 is 0 Å². The summed E-state index contributed by atoms with van der Waals surface area (Å²) in [6.07, 6.45) is 0.382. The van der Waals surface area contributed by atoms with Gasteiger partial charge in [-0.05, 0) is 24.5 Å². The number of hydrogen-bond acceptors (Lipinski definition) is 7. The first kappa shape index (κ1) is 25.5. The normalized spacial score (nSPS) is 11.4.